The Balaban J connectivity index is 1.10. The molecular weight excluding hydrogens is 831 g/mol. The van der Waals surface area contributed by atoms with E-state index in [9.17, 15) is 0 Å². The monoisotopic (exact) mass is 869 g/mol. The zero-order valence-electron chi connectivity index (χ0n) is 36.7. The number of aromatic nitrogens is 5. The normalized spacial score (nSPS) is 11.5. The number of benzene rings is 9. The van der Waals surface area contributed by atoms with Crippen molar-refractivity contribution >= 4 is 43.7 Å². The number of furan rings is 1. The molecule has 13 aromatic rings. The maximum Gasteiger partial charge on any atom is 0.166 e. The van der Waals surface area contributed by atoms with E-state index in [4.69, 9.17) is 24.4 Å². The number of rotatable bonds is 8. The molecule has 4 aromatic heterocycles. The summed E-state index contributed by atoms with van der Waals surface area (Å²) in [5.74, 6) is 1.67. The van der Waals surface area contributed by atoms with E-state index < -0.39 is 0 Å². The molecule has 0 saturated heterocycles. The van der Waals surface area contributed by atoms with Gasteiger partial charge in [-0.2, -0.15) is 0 Å². The lowest BCUT2D eigenvalue weighted by Gasteiger charge is -2.18. The quantitative estimate of drug-likeness (QED) is 0.152. The molecule has 13 rings (SSSR count). The maximum absolute atomic E-state index is 6.68. The van der Waals surface area contributed by atoms with Crippen molar-refractivity contribution in [3.8, 4) is 84.5 Å². The second kappa shape index (κ2) is 16.3. The zero-order valence-corrected chi connectivity index (χ0v) is 36.7. The summed E-state index contributed by atoms with van der Waals surface area (Å²) in [6.45, 7) is 0. The summed E-state index contributed by atoms with van der Waals surface area (Å²) < 4.78 is 9.03. The van der Waals surface area contributed by atoms with Crippen LogP contribution < -0.4 is 0 Å². The van der Waals surface area contributed by atoms with E-state index in [1.807, 2.05) is 66.9 Å². The lowest BCUT2D eigenvalue weighted by atomic mass is 9.87. The minimum Gasteiger partial charge on any atom is -0.456 e. The van der Waals surface area contributed by atoms with Gasteiger partial charge in [0.1, 0.15) is 11.2 Å². The largest absolute Gasteiger partial charge is 0.456 e. The van der Waals surface area contributed by atoms with Gasteiger partial charge < -0.3 is 8.98 Å². The van der Waals surface area contributed by atoms with E-state index in [1.54, 1.807) is 0 Å². The van der Waals surface area contributed by atoms with Gasteiger partial charge in [0, 0.05) is 61.2 Å². The van der Waals surface area contributed by atoms with Gasteiger partial charge in [0.2, 0.25) is 0 Å². The first-order chi connectivity index (χ1) is 33.7. The van der Waals surface area contributed by atoms with E-state index in [0.29, 0.717) is 17.5 Å². The molecule has 0 amide bonds. The van der Waals surface area contributed by atoms with Crippen molar-refractivity contribution in [2.75, 3.05) is 0 Å². The SMILES string of the molecule is c1ccc(-c2nc(-c3ccccc3)nc(-c3cc(-c4c(-c5ccccc5)cccc4-c4ccccc4)cnc3-c3ccc4oc5ccc6c(c7ccccc7n6-c6ccccc6)c5c4c3)n2)cc1. The molecule has 9 aromatic carbocycles. The van der Waals surface area contributed by atoms with Crippen LogP contribution in [0.2, 0.25) is 0 Å². The fourth-order valence-corrected chi connectivity index (χ4v) is 9.84. The summed E-state index contributed by atoms with van der Waals surface area (Å²) in [5, 5.41) is 4.37. The molecule has 318 valence electrons. The predicted octanol–water partition coefficient (Wildman–Crippen LogP) is 15.9. The van der Waals surface area contributed by atoms with E-state index >= 15 is 0 Å². The van der Waals surface area contributed by atoms with Crippen LogP contribution in [0.4, 0.5) is 0 Å². The molecule has 0 saturated carbocycles. The number of fused-ring (bicyclic) bond motifs is 7. The number of nitrogens with zero attached hydrogens (tertiary/aromatic N) is 5. The number of hydrogen-bond donors (Lipinski definition) is 0. The molecule has 4 heterocycles. The van der Waals surface area contributed by atoms with Crippen molar-refractivity contribution in [1.29, 1.82) is 0 Å². The van der Waals surface area contributed by atoms with Crippen LogP contribution in [0.3, 0.4) is 0 Å². The van der Waals surface area contributed by atoms with Crippen LogP contribution >= 0.6 is 0 Å². The average Bonchev–Trinajstić information content (AvgIpc) is 3.97. The van der Waals surface area contributed by atoms with Gasteiger partial charge in [0.05, 0.1) is 16.7 Å². The van der Waals surface area contributed by atoms with Crippen LogP contribution in [0.15, 0.2) is 241 Å². The minimum absolute atomic E-state index is 0.519. The van der Waals surface area contributed by atoms with E-state index in [1.165, 1.54) is 0 Å². The first-order valence-corrected chi connectivity index (χ1v) is 22.8. The van der Waals surface area contributed by atoms with Gasteiger partial charge in [-0.15, -0.1) is 0 Å². The van der Waals surface area contributed by atoms with Crippen LogP contribution in [0, 0.1) is 0 Å². The Hall–Kier alpha value is -9.26. The standard InChI is InChI=1S/C62H39N5O/c1-6-19-40(20-7-1)47-30-18-31-48(41-21-8-2-9-22-41)56(47)45-38-51(62-65-60(42-23-10-3-11-24-42)64-61(66-62)43-25-12-4-13-26-43)59(63-39-45)44-33-35-54-50(37-44)58-55(68-54)36-34-53-57(58)49-29-16-17-32-52(49)67(53)46-27-14-5-15-28-46/h1-39H. The molecule has 0 spiro atoms. The third-order valence-corrected chi connectivity index (χ3v) is 12.9. The average molecular weight is 870 g/mol. The number of para-hydroxylation sites is 2. The molecule has 68 heavy (non-hydrogen) atoms. The summed E-state index contributed by atoms with van der Waals surface area (Å²) >= 11 is 0. The van der Waals surface area contributed by atoms with Crippen molar-refractivity contribution in [2.24, 2.45) is 0 Å². The van der Waals surface area contributed by atoms with Crippen molar-refractivity contribution < 1.29 is 4.42 Å². The second-order valence-electron chi connectivity index (χ2n) is 17.0. The maximum atomic E-state index is 6.68. The summed E-state index contributed by atoms with van der Waals surface area (Å²) in [6.07, 6.45) is 2.01. The Labute approximate surface area is 392 Å². The first kappa shape index (κ1) is 39.1. The van der Waals surface area contributed by atoms with E-state index in [2.05, 4.69) is 174 Å². The predicted molar refractivity (Wildman–Crippen MR) is 277 cm³/mol. The molecule has 6 nitrogen and oxygen atoms in total. The third-order valence-electron chi connectivity index (χ3n) is 12.9. The van der Waals surface area contributed by atoms with Gasteiger partial charge in [0.15, 0.2) is 17.5 Å². The molecule has 0 fully saturated rings. The Bertz CT molecular complexity index is 3880. The number of pyridine rings is 1. The van der Waals surface area contributed by atoms with Crippen LogP contribution in [0.5, 0.6) is 0 Å². The first-order valence-electron chi connectivity index (χ1n) is 22.8. The summed E-state index contributed by atoms with van der Waals surface area (Å²) in [5.41, 5.74) is 15.6. The van der Waals surface area contributed by atoms with Crippen molar-refractivity contribution in [2.45, 2.75) is 0 Å². The molecule has 0 N–H and O–H groups in total. The molecule has 0 bridgehead atoms. The highest BCUT2D eigenvalue weighted by Crippen LogP contribution is 2.45. The van der Waals surface area contributed by atoms with Crippen molar-refractivity contribution in [3.05, 3.63) is 237 Å². The molecule has 0 aliphatic carbocycles. The molecule has 0 unspecified atom stereocenters. The zero-order chi connectivity index (χ0) is 45.0. The van der Waals surface area contributed by atoms with Crippen LogP contribution in [-0.2, 0) is 0 Å². The molecule has 0 aliphatic heterocycles. The summed E-state index contributed by atoms with van der Waals surface area (Å²) in [7, 11) is 0. The van der Waals surface area contributed by atoms with Gasteiger partial charge in [-0.1, -0.05) is 176 Å². The highest BCUT2D eigenvalue weighted by Gasteiger charge is 2.23. The lowest BCUT2D eigenvalue weighted by Crippen LogP contribution is -2.02. The lowest BCUT2D eigenvalue weighted by molar-refractivity contribution is 0.669. The molecule has 0 aliphatic rings. The van der Waals surface area contributed by atoms with Gasteiger partial charge in [0.25, 0.3) is 0 Å². The minimum atomic E-state index is 0.519. The topological polar surface area (TPSA) is 69.6 Å². The van der Waals surface area contributed by atoms with Gasteiger partial charge in [-0.05, 0) is 82.4 Å². The van der Waals surface area contributed by atoms with Gasteiger partial charge >= 0.3 is 0 Å². The van der Waals surface area contributed by atoms with Gasteiger partial charge in [-0.3, -0.25) is 4.98 Å². The molecular formula is C62H39N5O. The molecule has 6 heteroatoms. The van der Waals surface area contributed by atoms with Crippen LogP contribution in [0.1, 0.15) is 0 Å². The fraction of sp³-hybridized carbons (Fsp3) is 0. The highest BCUT2D eigenvalue weighted by atomic mass is 16.3. The van der Waals surface area contributed by atoms with Crippen molar-refractivity contribution in [1.82, 2.24) is 24.5 Å². The van der Waals surface area contributed by atoms with Gasteiger partial charge in [-0.25, -0.2) is 15.0 Å². The fourth-order valence-electron chi connectivity index (χ4n) is 9.84. The Kier molecular flexibility index (Phi) is 9.39. The van der Waals surface area contributed by atoms with E-state index in [-0.39, 0.29) is 0 Å². The Morgan fingerprint density at radius 2 is 0.882 bits per heavy atom. The highest BCUT2D eigenvalue weighted by molar-refractivity contribution is 6.27. The van der Waals surface area contributed by atoms with Crippen LogP contribution in [0.25, 0.3) is 128 Å². The third kappa shape index (κ3) is 6.66. The Morgan fingerprint density at radius 3 is 1.51 bits per heavy atom. The van der Waals surface area contributed by atoms with Crippen LogP contribution in [-0.4, -0.2) is 24.5 Å². The molecule has 0 radical (unpaired) electrons. The summed E-state index contributed by atoms with van der Waals surface area (Å²) in [4.78, 5) is 21.2. The second-order valence-corrected chi connectivity index (χ2v) is 17.0. The molecule has 0 atom stereocenters. The summed E-state index contributed by atoms with van der Waals surface area (Å²) in [6, 6.07) is 80.0. The van der Waals surface area contributed by atoms with E-state index in [0.717, 1.165) is 111 Å². The number of hydrogen-bond acceptors (Lipinski definition) is 5. The Morgan fingerprint density at radius 1 is 0.338 bits per heavy atom. The smallest absolute Gasteiger partial charge is 0.166 e. The van der Waals surface area contributed by atoms with Crippen molar-refractivity contribution in [3.63, 3.8) is 0 Å².